The molecule has 4 aromatic rings. The monoisotopic (exact) mass is 512 g/mol. The summed E-state index contributed by atoms with van der Waals surface area (Å²) in [7, 11) is -16.6. The Hall–Kier alpha value is -2.81. The van der Waals surface area contributed by atoms with E-state index in [4.69, 9.17) is 4.74 Å². The van der Waals surface area contributed by atoms with E-state index in [1.165, 1.54) is 12.1 Å². The van der Waals surface area contributed by atoms with Crippen LogP contribution in [0.15, 0.2) is 63.2 Å². The highest BCUT2D eigenvalue weighted by atomic mass is 32.2. The Morgan fingerprint density at radius 3 is 1.91 bits per heavy atom. The second kappa shape index (κ2) is 7.35. The van der Waals surface area contributed by atoms with E-state index in [1.807, 2.05) is 0 Å². The molecule has 10 nitrogen and oxygen atoms in total. The van der Waals surface area contributed by atoms with Gasteiger partial charge in [0.25, 0.3) is 30.4 Å². The van der Waals surface area contributed by atoms with Crippen molar-refractivity contribution >= 4 is 62.7 Å². The summed E-state index contributed by atoms with van der Waals surface area (Å²) in [5.74, 6) is -0.214. The van der Waals surface area contributed by atoms with Crippen LogP contribution in [0.5, 0.6) is 5.75 Å². The first-order valence-electron chi connectivity index (χ1n) is 9.09. The lowest BCUT2D eigenvalue weighted by atomic mass is 9.93. The molecule has 0 spiro atoms. The first-order chi connectivity index (χ1) is 15.1. The third-order valence-corrected chi connectivity index (χ3v) is 8.04. The van der Waals surface area contributed by atoms with Gasteiger partial charge in [0.2, 0.25) is 0 Å². The molecule has 0 fully saturated rings. The van der Waals surface area contributed by atoms with Crippen LogP contribution in [-0.4, -0.2) is 45.5 Å². The number of hydrogen-bond acceptors (Lipinski definition) is 7. The first kappa shape index (κ1) is 23.4. The van der Waals surface area contributed by atoms with Crippen LogP contribution in [0.4, 0.5) is 0 Å². The molecule has 0 atom stereocenters. The molecule has 0 unspecified atom stereocenters. The summed E-state index contributed by atoms with van der Waals surface area (Å²) < 4.78 is 109. The third-order valence-electron chi connectivity index (χ3n) is 4.99. The predicted octanol–water partition coefficient (Wildman–Crippen LogP) is 3.28. The maximum atomic E-state index is 12.4. The van der Waals surface area contributed by atoms with Gasteiger partial charge in [0.1, 0.15) is 27.0 Å². The number of rotatable bonds is 6. The zero-order chi connectivity index (χ0) is 24.5. The Morgan fingerprint density at radius 1 is 0.788 bits per heavy atom. The van der Waals surface area contributed by atoms with Gasteiger partial charge in [0.15, 0.2) is 0 Å². The Bertz CT molecular complexity index is 1800. The van der Waals surface area contributed by atoms with Crippen LogP contribution >= 0.6 is 0 Å². The van der Waals surface area contributed by atoms with Crippen molar-refractivity contribution in [3.8, 4) is 5.75 Å². The minimum atomic E-state index is -5.62. The molecule has 4 aromatic carbocycles. The topological polar surface area (TPSA) is 172 Å². The van der Waals surface area contributed by atoms with Gasteiger partial charge in [-0.3, -0.25) is 13.7 Å². The summed E-state index contributed by atoms with van der Waals surface area (Å²) in [6.07, 6.45) is 0. The fourth-order valence-electron chi connectivity index (χ4n) is 3.93. The standard InChI is InChI=1S/C20H16O10S3/c1-10(2)9-30-14-8-12-5-3-4-11-6-7-13-16(15(11)12)17(14)19(32(24,25)26)20(33(27,28)29)18(13)31(21,22)23/h3-8H,1,9H2,2H3,(H,21,22,23)(H,24,25,26)(H,27,28,29). The van der Waals surface area contributed by atoms with Crippen LogP contribution in [-0.2, 0) is 30.4 Å². The van der Waals surface area contributed by atoms with Gasteiger partial charge < -0.3 is 4.74 Å². The fourth-order valence-corrected chi connectivity index (χ4v) is 7.52. The van der Waals surface area contributed by atoms with E-state index >= 15 is 0 Å². The molecular formula is C20H16O10S3. The molecule has 3 N–H and O–H groups in total. The van der Waals surface area contributed by atoms with Gasteiger partial charge in [-0.2, -0.15) is 25.3 Å². The summed E-state index contributed by atoms with van der Waals surface area (Å²) in [4.78, 5) is -4.49. The highest BCUT2D eigenvalue weighted by molar-refractivity contribution is 7.90. The van der Waals surface area contributed by atoms with E-state index in [9.17, 15) is 38.9 Å². The molecule has 0 aliphatic rings. The number of benzene rings is 4. The van der Waals surface area contributed by atoms with Crippen LogP contribution in [0.2, 0.25) is 0 Å². The van der Waals surface area contributed by atoms with Crippen LogP contribution in [0.3, 0.4) is 0 Å². The van der Waals surface area contributed by atoms with E-state index in [0.717, 1.165) is 6.07 Å². The van der Waals surface area contributed by atoms with Gasteiger partial charge in [0.05, 0.1) is 0 Å². The van der Waals surface area contributed by atoms with Crippen molar-refractivity contribution in [3.63, 3.8) is 0 Å². The highest BCUT2D eigenvalue weighted by Gasteiger charge is 2.38. The molecule has 0 bridgehead atoms. The summed E-state index contributed by atoms with van der Waals surface area (Å²) in [5, 5.41) is 0.359. The molecule has 33 heavy (non-hydrogen) atoms. The lowest BCUT2D eigenvalue weighted by molar-refractivity contribution is 0.356. The molecule has 174 valence electrons. The molecule has 0 aliphatic carbocycles. The smallest absolute Gasteiger partial charge is 0.297 e. The molecule has 4 rings (SSSR count). The van der Waals surface area contributed by atoms with Crippen LogP contribution < -0.4 is 4.74 Å². The SMILES string of the molecule is C=C(C)COc1cc2cccc3ccc4c(S(=O)(=O)O)c(S(=O)(=O)O)c(S(=O)(=O)O)c1c4c32. The summed E-state index contributed by atoms with van der Waals surface area (Å²) in [6.45, 7) is 5.16. The average molecular weight is 513 g/mol. The van der Waals surface area contributed by atoms with Gasteiger partial charge in [-0.25, -0.2) is 0 Å². The number of ether oxygens (including phenoxy) is 1. The zero-order valence-electron chi connectivity index (χ0n) is 16.8. The van der Waals surface area contributed by atoms with E-state index in [2.05, 4.69) is 6.58 Å². The normalized spacial score (nSPS) is 13.2. The van der Waals surface area contributed by atoms with Crippen molar-refractivity contribution in [3.05, 3.63) is 48.6 Å². The summed E-state index contributed by atoms with van der Waals surface area (Å²) >= 11 is 0. The van der Waals surface area contributed by atoms with Crippen molar-refractivity contribution < 1.29 is 43.6 Å². The minimum Gasteiger partial charge on any atom is -0.489 e. The quantitative estimate of drug-likeness (QED) is 0.198. The molecule has 0 heterocycles. The van der Waals surface area contributed by atoms with Crippen LogP contribution in [0.1, 0.15) is 6.92 Å². The Morgan fingerprint density at radius 2 is 1.36 bits per heavy atom. The third kappa shape index (κ3) is 3.82. The maximum absolute atomic E-state index is 12.4. The molecule has 0 aliphatic heterocycles. The fraction of sp³-hybridized carbons (Fsp3) is 0.100. The Balaban J connectivity index is 2.50. The van der Waals surface area contributed by atoms with Crippen LogP contribution in [0, 0.1) is 0 Å². The second-order valence-corrected chi connectivity index (χ2v) is 11.6. The van der Waals surface area contributed by atoms with Crippen molar-refractivity contribution in [1.29, 1.82) is 0 Å². The molecule has 0 aromatic heterocycles. The van der Waals surface area contributed by atoms with E-state index in [0.29, 0.717) is 21.7 Å². The van der Waals surface area contributed by atoms with Crippen molar-refractivity contribution in [1.82, 2.24) is 0 Å². The van der Waals surface area contributed by atoms with Gasteiger partial charge >= 0.3 is 0 Å². The summed E-state index contributed by atoms with van der Waals surface area (Å²) in [6, 6.07) is 8.95. The van der Waals surface area contributed by atoms with Gasteiger partial charge in [-0.15, -0.1) is 0 Å². The van der Waals surface area contributed by atoms with Gasteiger partial charge in [0, 0.05) is 16.2 Å². The molecule has 0 saturated heterocycles. The van der Waals surface area contributed by atoms with Crippen LogP contribution in [0.25, 0.3) is 32.3 Å². The molecule has 0 saturated carbocycles. The number of hydrogen-bond donors (Lipinski definition) is 3. The van der Waals surface area contributed by atoms with Gasteiger partial charge in [-0.05, 0) is 34.7 Å². The molecule has 0 radical (unpaired) electrons. The molecular weight excluding hydrogens is 496 g/mol. The van der Waals surface area contributed by atoms with Gasteiger partial charge in [-0.1, -0.05) is 36.9 Å². The lowest BCUT2D eigenvalue weighted by Crippen LogP contribution is -2.16. The average Bonchev–Trinajstić information content (AvgIpc) is 2.66. The highest BCUT2D eigenvalue weighted by Crippen LogP contribution is 2.48. The van der Waals surface area contributed by atoms with Crippen molar-refractivity contribution in [2.45, 2.75) is 21.6 Å². The van der Waals surface area contributed by atoms with E-state index in [1.54, 1.807) is 25.1 Å². The molecule has 0 amide bonds. The minimum absolute atomic E-state index is 0.102. The zero-order valence-corrected chi connectivity index (χ0v) is 19.3. The first-order valence-corrected chi connectivity index (χ1v) is 13.4. The second-order valence-electron chi connectivity index (χ2n) is 7.48. The van der Waals surface area contributed by atoms with E-state index in [-0.39, 0.29) is 17.7 Å². The lowest BCUT2D eigenvalue weighted by Gasteiger charge is -2.21. The predicted molar refractivity (Wildman–Crippen MR) is 120 cm³/mol. The summed E-state index contributed by atoms with van der Waals surface area (Å²) in [5.41, 5.74) is 0.516. The Kier molecular flexibility index (Phi) is 5.20. The largest absolute Gasteiger partial charge is 0.489 e. The van der Waals surface area contributed by atoms with Crippen molar-refractivity contribution in [2.24, 2.45) is 0 Å². The Labute approximate surface area is 188 Å². The van der Waals surface area contributed by atoms with E-state index < -0.39 is 55.8 Å². The molecule has 13 heteroatoms. The van der Waals surface area contributed by atoms with Crippen molar-refractivity contribution in [2.75, 3.05) is 6.61 Å². The maximum Gasteiger partial charge on any atom is 0.297 e.